The zero-order valence-corrected chi connectivity index (χ0v) is 31.1. The fourth-order valence-electron chi connectivity index (χ4n) is 5.68. The first-order valence-corrected chi connectivity index (χ1v) is 17.6. The molecule has 2 aromatic carbocycles. The lowest BCUT2D eigenvalue weighted by atomic mass is 9.99. The minimum atomic E-state index is -4.75. The number of hydrogen-bond donors (Lipinski definition) is 1. The Hall–Kier alpha value is -4.76. The molecule has 1 saturated heterocycles. The summed E-state index contributed by atoms with van der Waals surface area (Å²) >= 11 is 0. The van der Waals surface area contributed by atoms with E-state index < -0.39 is 59.0 Å². The van der Waals surface area contributed by atoms with E-state index in [0.717, 1.165) is 18.2 Å². The molecule has 2 atom stereocenters. The van der Waals surface area contributed by atoms with Crippen molar-refractivity contribution in [3.8, 4) is 5.75 Å². The third-order valence-electron chi connectivity index (χ3n) is 7.95. The topological polar surface area (TPSA) is 111 Å². The molecule has 1 N–H and O–H groups in total. The summed E-state index contributed by atoms with van der Waals surface area (Å²) in [7, 11) is 0. The van der Waals surface area contributed by atoms with Gasteiger partial charge >= 0.3 is 24.5 Å². The summed E-state index contributed by atoms with van der Waals surface area (Å²) in [5, 5.41) is 2.55. The summed E-state index contributed by atoms with van der Waals surface area (Å²) in [6.07, 6.45) is -5.67. The quantitative estimate of drug-likeness (QED) is 0.129. The second-order valence-corrected chi connectivity index (χ2v) is 14.8. The fraction of sp³-hybridized carbons (Fsp3) is 0.526. The third-order valence-corrected chi connectivity index (χ3v) is 7.95. The lowest BCUT2D eigenvalue weighted by Crippen LogP contribution is -2.50. The number of aliphatic imine (C=N–C) groups is 2. The molecule has 296 valence electrons. The number of hydrogen-bond acceptors (Lipinski definition) is 7. The maximum atomic E-state index is 14.3. The molecular formula is C38H46F6N4O6. The average molecular weight is 769 g/mol. The van der Waals surface area contributed by atoms with E-state index in [2.05, 4.69) is 10.3 Å². The van der Waals surface area contributed by atoms with Crippen LogP contribution in [0.25, 0.3) is 6.08 Å². The molecular weight excluding hydrogens is 722 g/mol. The number of rotatable bonds is 7. The monoisotopic (exact) mass is 768 g/mol. The average Bonchev–Trinajstić information content (AvgIpc) is 3.40. The van der Waals surface area contributed by atoms with Crippen molar-refractivity contribution < 1.29 is 54.9 Å². The molecule has 1 fully saturated rings. The molecule has 2 amide bonds. The van der Waals surface area contributed by atoms with Gasteiger partial charge in [-0.15, -0.1) is 4.99 Å². The number of ether oxygens (including phenoxy) is 4. The van der Waals surface area contributed by atoms with Crippen LogP contribution in [0.1, 0.15) is 102 Å². The highest BCUT2D eigenvalue weighted by Crippen LogP contribution is 2.40. The Morgan fingerprint density at radius 2 is 1.61 bits per heavy atom. The molecule has 16 heteroatoms. The molecule has 2 aliphatic rings. The predicted molar refractivity (Wildman–Crippen MR) is 190 cm³/mol. The number of carbonyl (C=O) groups is 2. The highest BCUT2D eigenvalue weighted by atomic mass is 19.4. The number of amides is 2. The van der Waals surface area contributed by atoms with E-state index >= 15 is 0 Å². The first kappa shape index (κ1) is 42.0. The van der Waals surface area contributed by atoms with Gasteiger partial charge in [0, 0.05) is 6.54 Å². The van der Waals surface area contributed by atoms with E-state index in [9.17, 15) is 35.9 Å². The van der Waals surface area contributed by atoms with Crippen molar-refractivity contribution >= 4 is 30.1 Å². The van der Waals surface area contributed by atoms with Gasteiger partial charge in [-0.2, -0.15) is 26.3 Å². The van der Waals surface area contributed by atoms with Gasteiger partial charge in [0.25, 0.3) is 0 Å². The lowest BCUT2D eigenvalue weighted by molar-refractivity contribution is -0.139. The molecule has 2 heterocycles. The second-order valence-electron chi connectivity index (χ2n) is 14.8. The van der Waals surface area contributed by atoms with E-state index in [1.165, 1.54) is 24.3 Å². The Balaban J connectivity index is 1.54. The van der Waals surface area contributed by atoms with Crippen molar-refractivity contribution in [1.82, 2.24) is 10.2 Å². The van der Waals surface area contributed by atoms with Crippen LogP contribution in [0, 0.1) is 0 Å². The molecule has 4 rings (SSSR count). The molecule has 0 saturated carbocycles. The number of nitrogens with one attached hydrogen (secondary N) is 1. The Labute approximate surface area is 310 Å². The van der Waals surface area contributed by atoms with E-state index in [-0.39, 0.29) is 37.2 Å². The van der Waals surface area contributed by atoms with Crippen LogP contribution in [0.5, 0.6) is 5.75 Å². The number of likely N-dealkylation sites (tertiary alicyclic amines) is 1. The van der Waals surface area contributed by atoms with Gasteiger partial charge in [-0.05, 0) is 109 Å². The van der Waals surface area contributed by atoms with Crippen LogP contribution < -0.4 is 10.1 Å². The van der Waals surface area contributed by atoms with Crippen LogP contribution in [-0.2, 0) is 26.6 Å². The van der Waals surface area contributed by atoms with E-state index in [0.29, 0.717) is 43.4 Å². The normalized spacial score (nSPS) is 18.9. The van der Waals surface area contributed by atoms with Crippen molar-refractivity contribution in [3.05, 3.63) is 70.8 Å². The molecule has 0 aromatic heterocycles. The van der Waals surface area contributed by atoms with Gasteiger partial charge in [-0.25, -0.2) is 14.6 Å². The Bertz CT molecular complexity index is 1710. The largest absolute Gasteiger partial charge is 0.493 e. The van der Waals surface area contributed by atoms with Gasteiger partial charge in [0.2, 0.25) is 11.9 Å². The van der Waals surface area contributed by atoms with Crippen molar-refractivity contribution in [1.29, 1.82) is 0 Å². The number of guanidine groups is 1. The zero-order chi connectivity index (χ0) is 39.9. The van der Waals surface area contributed by atoms with Gasteiger partial charge < -0.3 is 23.8 Å². The number of nitrogens with zero attached hydrogens (tertiary/aromatic N) is 3. The maximum Gasteiger partial charge on any atom is 0.437 e. The number of halogens is 6. The van der Waals surface area contributed by atoms with Gasteiger partial charge in [0.15, 0.2) is 0 Å². The van der Waals surface area contributed by atoms with Gasteiger partial charge in [-0.1, -0.05) is 30.4 Å². The van der Waals surface area contributed by atoms with Crippen molar-refractivity contribution in [2.24, 2.45) is 9.98 Å². The van der Waals surface area contributed by atoms with Crippen LogP contribution in [0.15, 0.2) is 58.5 Å². The van der Waals surface area contributed by atoms with Crippen LogP contribution in [0.4, 0.5) is 35.9 Å². The van der Waals surface area contributed by atoms with Gasteiger partial charge in [0.05, 0.1) is 30.4 Å². The Morgan fingerprint density at radius 3 is 2.24 bits per heavy atom. The predicted octanol–water partition coefficient (Wildman–Crippen LogP) is 9.74. The Morgan fingerprint density at radius 1 is 0.926 bits per heavy atom. The highest BCUT2D eigenvalue weighted by Gasteiger charge is 2.38. The Kier molecular flexibility index (Phi) is 13.3. The van der Waals surface area contributed by atoms with E-state index in [1.807, 2.05) is 0 Å². The molecule has 0 radical (unpaired) electrons. The summed E-state index contributed by atoms with van der Waals surface area (Å²) in [4.78, 5) is 36.1. The molecule has 54 heavy (non-hydrogen) atoms. The van der Waals surface area contributed by atoms with E-state index in [4.69, 9.17) is 23.9 Å². The number of benzene rings is 2. The maximum absolute atomic E-state index is 14.3. The van der Waals surface area contributed by atoms with Crippen LogP contribution in [0.3, 0.4) is 0 Å². The summed E-state index contributed by atoms with van der Waals surface area (Å²) in [5.74, 6) is -0.281. The first-order chi connectivity index (χ1) is 25.1. The van der Waals surface area contributed by atoms with Gasteiger partial charge in [-0.3, -0.25) is 5.32 Å². The minimum Gasteiger partial charge on any atom is -0.493 e. The summed E-state index contributed by atoms with van der Waals surface area (Å²) in [6, 6.07) is 6.96. The molecule has 2 aliphatic heterocycles. The number of alkyl halides is 6. The third kappa shape index (κ3) is 12.7. The molecule has 2 aromatic rings. The van der Waals surface area contributed by atoms with Crippen LogP contribution in [0.2, 0.25) is 0 Å². The number of carbonyl (C=O) groups excluding carboxylic acids is 2. The summed E-state index contributed by atoms with van der Waals surface area (Å²) < 4.78 is 104. The molecule has 1 unspecified atom stereocenters. The standard InChI is InChI=1S/C38H46F6N4O6/c1-35(2,3)53-33(49)46-32(47-34(50)54-36(4,5)6)48-20-9-13-29(48)31-45-28(12-10-22-52-31)25-16-19-30(27(23-25)38(42,43)44)51-21-8-7-11-24-14-17-26(18-15-24)37(39,40)41/h7,11,14-19,23,28-29H,8-10,12-13,20-22H2,1-6H3,(H,46,47,49,50)/b11-7+/t28?,29-/m0/s1. The molecule has 0 spiro atoms. The van der Waals surface area contributed by atoms with Crippen molar-refractivity contribution in [2.75, 3.05) is 19.8 Å². The SMILES string of the molecule is CC(C)(C)OC(=O)/N=C(/NC(=O)OC(C)(C)C)N1CCC[C@H]1C1=NC(c2ccc(OCC/C=C/c3ccc(C(F)(F)F)cc3)c(C(F)(F)F)c2)CCCO1. The molecule has 0 bridgehead atoms. The van der Waals surface area contributed by atoms with Crippen molar-refractivity contribution in [3.63, 3.8) is 0 Å². The summed E-state index contributed by atoms with van der Waals surface area (Å²) in [6.45, 7) is 10.5. The fourth-order valence-corrected chi connectivity index (χ4v) is 5.68. The van der Waals surface area contributed by atoms with Crippen LogP contribution in [-0.4, -0.2) is 65.9 Å². The van der Waals surface area contributed by atoms with Crippen molar-refractivity contribution in [2.45, 2.75) is 109 Å². The van der Waals surface area contributed by atoms with Gasteiger partial charge in [0.1, 0.15) is 23.0 Å². The first-order valence-electron chi connectivity index (χ1n) is 17.6. The highest BCUT2D eigenvalue weighted by molar-refractivity contribution is 6.01. The second kappa shape index (κ2) is 17.1. The molecule has 0 aliphatic carbocycles. The van der Waals surface area contributed by atoms with Crippen LogP contribution >= 0.6 is 0 Å². The van der Waals surface area contributed by atoms with E-state index in [1.54, 1.807) is 58.6 Å². The summed E-state index contributed by atoms with van der Waals surface area (Å²) in [5.41, 5.74) is -2.69. The smallest absolute Gasteiger partial charge is 0.437 e. The number of alkyl carbamates (subject to hydrolysis) is 1. The molecule has 10 nitrogen and oxygen atoms in total. The zero-order valence-electron chi connectivity index (χ0n) is 31.1. The minimum absolute atomic E-state index is 0.110. The lowest BCUT2D eigenvalue weighted by Gasteiger charge is -2.29.